The van der Waals surface area contributed by atoms with Crippen molar-refractivity contribution in [1.82, 2.24) is 0 Å². The lowest BCUT2D eigenvalue weighted by Gasteiger charge is -2.30. The molecule has 0 bridgehead atoms. The van der Waals surface area contributed by atoms with E-state index in [2.05, 4.69) is 27.7 Å². The number of unbranched alkanes of at least 4 members (excludes halogenated alkanes) is 2. The van der Waals surface area contributed by atoms with Gasteiger partial charge in [0.1, 0.15) is 0 Å². The van der Waals surface area contributed by atoms with E-state index in [-0.39, 0.29) is 5.54 Å². The second-order valence-corrected chi connectivity index (χ2v) is 4.26. The molecule has 2 N–H and O–H groups in total. The first-order chi connectivity index (χ1) is 5.54. The van der Waals surface area contributed by atoms with Crippen LogP contribution in [0, 0.1) is 5.92 Å². The van der Waals surface area contributed by atoms with E-state index in [1.165, 1.54) is 25.7 Å². The Morgan fingerprint density at radius 2 is 1.83 bits per heavy atom. The summed E-state index contributed by atoms with van der Waals surface area (Å²) in [5.74, 6) is 0.661. The largest absolute Gasteiger partial charge is 0.325 e. The van der Waals surface area contributed by atoms with Crippen molar-refractivity contribution in [2.24, 2.45) is 11.7 Å². The summed E-state index contributed by atoms with van der Waals surface area (Å²) in [6, 6.07) is 0. The fourth-order valence-electron chi connectivity index (χ4n) is 1.38. The van der Waals surface area contributed by atoms with Crippen molar-refractivity contribution in [1.29, 1.82) is 0 Å². The molecule has 0 fully saturated rings. The van der Waals surface area contributed by atoms with Gasteiger partial charge in [0.05, 0.1) is 0 Å². The summed E-state index contributed by atoms with van der Waals surface area (Å²) in [7, 11) is 0. The molecule has 0 aliphatic rings. The van der Waals surface area contributed by atoms with Crippen LogP contribution < -0.4 is 5.73 Å². The van der Waals surface area contributed by atoms with Gasteiger partial charge < -0.3 is 5.73 Å². The average Bonchev–Trinajstić information content (AvgIpc) is 2.05. The summed E-state index contributed by atoms with van der Waals surface area (Å²) in [6.07, 6.45) is 6.36. The van der Waals surface area contributed by atoms with Crippen molar-refractivity contribution in [3.05, 3.63) is 0 Å². The minimum absolute atomic E-state index is 0.0493. The van der Waals surface area contributed by atoms with Gasteiger partial charge in [-0.2, -0.15) is 0 Å². The highest BCUT2D eigenvalue weighted by molar-refractivity contribution is 4.82. The van der Waals surface area contributed by atoms with E-state index in [4.69, 9.17) is 5.73 Å². The minimum atomic E-state index is 0.0493. The summed E-state index contributed by atoms with van der Waals surface area (Å²) in [6.45, 7) is 8.87. The van der Waals surface area contributed by atoms with Crippen LogP contribution in [-0.4, -0.2) is 5.54 Å². The molecule has 1 nitrogen and oxygen atoms in total. The number of nitrogens with two attached hydrogens (primary N) is 1. The van der Waals surface area contributed by atoms with Crippen LogP contribution in [0.25, 0.3) is 0 Å². The highest BCUT2D eigenvalue weighted by Crippen LogP contribution is 2.22. The Bertz CT molecular complexity index is 108. The third-order valence-electron chi connectivity index (χ3n) is 3.13. The first kappa shape index (κ1) is 12.0. The topological polar surface area (TPSA) is 26.0 Å². The third kappa shape index (κ3) is 4.10. The van der Waals surface area contributed by atoms with Crippen LogP contribution in [0.4, 0.5) is 0 Å². The average molecular weight is 171 g/mol. The SMILES string of the molecule is CCCCCC(C)C(C)(N)CC. The molecule has 0 aliphatic heterocycles. The molecule has 2 unspecified atom stereocenters. The molecule has 0 rings (SSSR count). The van der Waals surface area contributed by atoms with E-state index in [0.717, 1.165) is 6.42 Å². The van der Waals surface area contributed by atoms with E-state index >= 15 is 0 Å². The summed E-state index contributed by atoms with van der Waals surface area (Å²) in [5.41, 5.74) is 6.19. The lowest BCUT2D eigenvalue weighted by atomic mass is 9.82. The smallest absolute Gasteiger partial charge is 0.0149 e. The predicted octanol–water partition coefficient (Wildman–Crippen LogP) is 3.33. The van der Waals surface area contributed by atoms with Crippen molar-refractivity contribution in [2.45, 2.75) is 65.3 Å². The van der Waals surface area contributed by atoms with Crippen LogP contribution in [0.5, 0.6) is 0 Å². The Kier molecular flexibility index (Phi) is 5.56. The van der Waals surface area contributed by atoms with Crippen molar-refractivity contribution >= 4 is 0 Å². The molecule has 0 aromatic rings. The number of hydrogen-bond donors (Lipinski definition) is 1. The molecule has 0 aromatic heterocycles. The van der Waals surface area contributed by atoms with E-state index in [0.29, 0.717) is 5.92 Å². The molecule has 1 heteroatoms. The Balaban J connectivity index is 3.63. The van der Waals surface area contributed by atoms with E-state index in [1.807, 2.05) is 0 Å². The minimum Gasteiger partial charge on any atom is -0.325 e. The zero-order valence-corrected chi connectivity index (χ0v) is 9.19. The summed E-state index contributed by atoms with van der Waals surface area (Å²) in [5, 5.41) is 0. The summed E-state index contributed by atoms with van der Waals surface area (Å²) < 4.78 is 0. The first-order valence-corrected chi connectivity index (χ1v) is 5.33. The van der Waals surface area contributed by atoms with Gasteiger partial charge in [-0.1, -0.05) is 40.0 Å². The molecule has 2 atom stereocenters. The molecule has 0 aromatic carbocycles. The molecule has 74 valence electrons. The molecular formula is C11H25N. The van der Waals surface area contributed by atoms with Crippen molar-refractivity contribution in [3.8, 4) is 0 Å². The van der Waals surface area contributed by atoms with Gasteiger partial charge in [-0.25, -0.2) is 0 Å². The van der Waals surface area contributed by atoms with Crippen LogP contribution in [0.15, 0.2) is 0 Å². The Morgan fingerprint density at radius 3 is 2.25 bits per heavy atom. The van der Waals surface area contributed by atoms with Gasteiger partial charge in [0, 0.05) is 5.54 Å². The molecule has 0 heterocycles. The van der Waals surface area contributed by atoms with Gasteiger partial charge in [0.15, 0.2) is 0 Å². The van der Waals surface area contributed by atoms with Gasteiger partial charge in [0.2, 0.25) is 0 Å². The summed E-state index contributed by atoms with van der Waals surface area (Å²) >= 11 is 0. The number of hydrogen-bond acceptors (Lipinski definition) is 1. The fraction of sp³-hybridized carbons (Fsp3) is 1.00. The Hall–Kier alpha value is -0.0400. The zero-order chi connectivity index (χ0) is 9.61. The van der Waals surface area contributed by atoms with Gasteiger partial charge in [0.25, 0.3) is 0 Å². The molecule has 0 saturated heterocycles. The first-order valence-electron chi connectivity index (χ1n) is 5.33. The molecule has 0 radical (unpaired) electrons. The van der Waals surface area contributed by atoms with Gasteiger partial charge in [-0.05, 0) is 25.7 Å². The molecular weight excluding hydrogens is 146 g/mol. The van der Waals surface area contributed by atoms with Crippen LogP contribution >= 0.6 is 0 Å². The van der Waals surface area contributed by atoms with E-state index in [1.54, 1.807) is 0 Å². The van der Waals surface area contributed by atoms with Crippen LogP contribution in [0.3, 0.4) is 0 Å². The molecule has 12 heavy (non-hydrogen) atoms. The molecule has 0 aliphatic carbocycles. The number of rotatable bonds is 6. The van der Waals surface area contributed by atoms with Crippen LogP contribution in [0.2, 0.25) is 0 Å². The maximum Gasteiger partial charge on any atom is 0.0149 e. The lowest BCUT2D eigenvalue weighted by molar-refractivity contribution is 0.283. The van der Waals surface area contributed by atoms with Crippen molar-refractivity contribution in [3.63, 3.8) is 0 Å². The predicted molar refractivity (Wildman–Crippen MR) is 56.2 cm³/mol. The zero-order valence-electron chi connectivity index (χ0n) is 9.19. The standard InChI is InChI=1S/C11H25N/c1-5-7-8-9-10(3)11(4,12)6-2/h10H,5-9,12H2,1-4H3. The van der Waals surface area contributed by atoms with Crippen molar-refractivity contribution < 1.29 is 0 Å². The quantitative estimate of drug-likeness (QED) is 0.609. The third-order valence-corrected chi connectivity index (χ3v) is 3.13. The molecule has 0 spiro atoms. The highest BCUT2D eigenvalue weighted by atomic mass is 14.7. The second kappa shape index (κ2) is 5.58. The van der Waals surface area contributed by atoms with Crippen molar-refractivity contribution in [2.75, 3.05) is 0 Å². The maximum absolute atomic E-state index is 6.14. The summed E-state index contributed by atoms with van der Waals surface area (Å²) in [4.78, 5) is 0. The Morgan fingerprint density at radius 1 is 1.25 bits per heavy atom. The monoisotopic (exact) mass is 171 g/mol. The van der Waals surface area contributed by atoms with Crippen LogP contribution in [-0.2, 0) is 0 Å². The second-order valence-electron chi connectivity index (χ2n) is 4.26. The van der Waals surface area contributed by atoms with E-state index < -0.39 is 0 Å². The molecule has 0 saturated carbocycles. The maximum atomic E-state index is 6.14. The highest BCUT2D eigenvalue weighted by Gasteiger charge is 2.23. The lowest BCUT2D eigenvalue weighted by Crippen LogP contribution is -2.42. The molecule has 0 amide bonds. The van der Waals surface area contributed by atoms with Gasteiger partial charge in [-0.3, -0.25) is 0 Å². The van der Waals surface area contributed by atoms with Crippen LogP contribution in [0.1, 0.15) is 59.8 Å². The van der Waals surface area contributed by atoms with Gasteiger partial charge >= 0.3 is 0 Å². The fourth-order valence-corrected chi connectivity index (χ4v) is 1.38. The Labute approximate surface area is 77.7 Å². The van der Waals surface area contributed by atoms with Gasteiger partial charge in [-0.15, -0.1) is 0 Å². The normalized spacial score (nSPS) is 18.8. The van der Waals surface area contributed by atoms with E-state index in [9.17, 15) is 0 Å².